The lowest BCUT2D eigenvalue weighted by Crippen LogP contribution is -2.06. The highest BCUT2D eigenvalue weighted by Gasteiger charge is 2.10. The van der Waals surface area contributed by atoms with Crippen LogP contribution < -0.4 is 0 Å². The molecule has 0 aliphatic rings. The molecule has 0 bridgehead atoms. The molecule has 1 N–H and O–H groups in total. The number of aryl methyl sites for hydroxylation is 1. The Labute approximate surface area is 90.8 Å². The van der Waals surface area contributed by atoms with Gasteiger partial charge in [0.25, 0.3) is 0 Å². The number of fused-ring (bicyclic) bond motifs is 1. The predicted molar refractivity (Wildman–Crippen MR) is 55.6 cm³/mol. The molecular weight excluding hydrogens is 211 g/mol. The van der Waals surface area contributed by atoms with Crippen molar-refractivity contribution in [1.82, 2.24) is 9.97 Å². The summed E-state index contributed by atoms with van der Waals surface area (Å²) in [6.07, 6.45) is -0.300. The van der Waals surface area contributed by atoms with Crippen LogP contribution >= 0.6 is 0 Å². The summed E-state index contributed by atoms with van der Waals surface area (Å²) in [5.41, 5.74) is 0.756. The monoisotopic (exact) mass is 220 g/mol. The molecule has 0 unspecified atom stereocenters. The third kappa shape index (κ3) is 1.84. The first-order valence-corrected chi connectivity index (χ1v) is 4.71. The van der Waals surface area contributed by atoms with Gasteiger partial charge in [-0.2, -0.15) is 0 Å². The Hall–Kier alpha value is -2.04. The van der Waals surface area contributed by atoms with E-state index in [9.17, 15) is 9.18 Å². The Morgan fingerprint density at radius 2 is 2.19 bits per heavy atom. The van der Waals surface area contributed by atoms with E-state index >= 15 is 0 Å². The number of nitrogens with zero attached hydrogens (tertiary/aromatic N) is 2. The van der Waals surface area contributed by atoms with Crippen LogP contribution in [0.15, 0.2) is 18.2 Å². The largest absolute Gasteiger partial charge is 0.481 e. The first-order valence-electron chi connectivity index (χ1n) is 4.71. The van der Waals surface area contributed by atoms with Crippen molar-refractivity contribution >= 4 is 16.9 Å². The van der Waals surface area contributed by atoms with E-state index in [4.69, 9.17) is 5.11 Å². The molecule has 82 valence electrons. The summed E-state index contributed by atoms with van der Waals surface area (Å²) in [6, 6.07) is 4.57. The van der Waals surface area contributed by atoms with Crippen LogP contribution in [0, 0.1) is 12.7 Å². The minimum Gasteiger partial charge on any atom is -0.481 e. The van der Waals surface area contributed by atoms with Crippen molar-refractivity contribution in [3.05, 3.63) is 35.5 Å². The van der Waals surface area contributed by atoms with Crippen LogP contribution in [0.3, 0.4) is 0 Å². The lowest BCUT2D eigenvalue weighted by atomic mass is 10.2. The van der Waals surface area contributed by atoms with Gasteiger partial charge in [0.1, 0.15) is 23.6 Å². The Kier molecular flexibility index (Phi) is 2.52. The lowest BCUT2D eigenvalue weighted by Gasteiger charge is -2.04. The molecule has 1 aromatic carbocycles. The molecule has 5 heteroatoms. The number of aliphatic carboxylic acids is 1. The van der Waals surface area contributed by atoms with Crippen molar-refractivity contribution in [3.63, 3.8) is 0 Å². The number of hydrogen-bond acceptors (Lipinski definition) is 3. The third-order valence-corrected chi connectivity index (χ3v) is 2.22. The molecule has 0 fully saturated rings. The van der Waals surface area contributed by atoms with Crippen LogP contribution in [0.25, 0.3) is 10.9 Å². The van der Waals surface area contributed by atoms with Gasteiger partial charge in [-0.15, -0.1) is 0 Å². The molecular formula is C11H9FN2O2. The Balaban J connectivity index is 2.65. The van der Waals surface area contributed by atoms with E-state index in [1.165, 1.54) is 6.07 Å². The SMILES string of the molecule is Cc1nc(CC(=O)O)nc2c(F)cccc12. The van der Waals surface area contributed by atoms with E-state index < -0.39 is 11.8 Å². The van der Waals surface area contributed by atoms with Gasteiger partial charge in [0.15, 0.2) is 0 Å². The van der Waals surface area contributed by atoms with Crippen LogP contribution in [-0.4, -0.2) is 21.0 Å². The highest BCUT2D eigenvalue weighted by Crippen LogP contribution is 2.18. The van der Waals surface area contributed by atoms with E-state index in [2.05, 4.69) is 9.97 Å². The van der Waals surface area contributed by atoms with Gasteiger partial charge in [-0.1, -0.05) is 12.1 Å². The molecule has 0 atom stereocenters. The van der Waals surface area contributed by atoms with Crippen LogP contribution in [0.4, 0.5) is 4.39 Å². The summed E-state index contributed by atoms with van der Waals surface area (Å²) in [7, 11) is 0. The second-order valence-corrected chi connectivity index (χ2v) is 3.43. The van der Waals surface area contributed by atoms with Crippen molar-refractivity contribution < 1.29 is 14.3 Å². The minimum absolute atomic E-state index is 0.127. The van der Waals surface area contributed by atoms with E-state index in [1.807, 2.05) is 0 Å². The van der Waals surface area contributed by atoms with E-state index in [0.717, 1.165) is 0 Å². The number of halogens is 1. The molecule has 0 aliphatic heterocycles. The second-order valence-electron chi connectivity index (χ2n) is 3.43. The van der Waals surface area contributed by atoms with Gasteiger partial charge in [0.2, 0.25) is 0 Å². The van der Waals surface area contributed by atoms with E-state index in [1.54, 1.807) is 19.1 Å². The maximum absolute atomic E-state index is 13.4. The summed E-state index contributed by atoms with van der Waals surface area (Å²) in [6.45, 7) is 1.70. The van der Waals surface area contributed by atoms with Gasteiger partial charge >= 0.3 is 5.97 Å². The summed E-state index contributed by atoms with van der Waals surface area (Å²) in [4.78, 5) is 18.5. The number of carbonyl (C=O) groups is 1. The Morgan fingerprint density at radius 3 is 2.88 bits per heavy atom. The molecule has 2 aromatic rings. The highest BCUT2D eigenvalue weighted by molar-refractivity contribution is 5.81. The van der Waals surface area contributed by atoms with Gasteiger partial charge < -0.3 is 5.11 Å². The average Bonchev–Trinajstić information content (AvgIpc) is 2.19. The topological polar surface area (TPSA) is 63.1 Å². The summed E-state index contributed by atoms with van der Waals surface area (Å²) >= 11 is 0. The molecule has 16 heavy (non-hydrogen) atoms. The average molecular weight is 220 g/mol. The third-order valence-electron chi connectivity index (χ3n) is 2.22. The van der Waals surface area contributed by atoms with Crippen LogP contribution in [0.1, 0.15) is 11.5 Å². The van der Waals surface area contributed by atoms with Gasteiger partial charge in [0, 0.05) is 11.1 Å². The fraction of sp³-hybridized carbons (Fsp3) is 0.182. The van der Waals surface area contributed by atoms with Gasteiger partial charge in [0.05, 0.1) is 0 Å². The molecule has 4 nitrogen and oxygen atoms in total. The first kappa shape index (κ1) is 10.5. The number of para-hydroxylation sites is 1. The number of rotatable bonds is 2. The van der Waals surface area contributed by atoms with Crippen LogP contribution in [0.2, 0.25) is 0 Å². The maximum Gasteiger partial charge on any atom is 0.311 e. The van der Waals surface area contributed by atoms with Crippen molar-refractivity contribution in [2.24, 2.45) is 0 Å². The molecule has 1 heterocycles. The molecule has 2 rings (SSSR count). The Bertz CT molecular complexity index is 569. The van der Waals surface area contributed by atoms with Gasteiger partial charge in [-0.3, -0.25) is 4.79 Å². The van der Waals surface area contributed by atoms with Crippen molar-refractivity contribution in [2.75, 3.05) is 0 Å². The molecule has 0 amide bonds. The number of benzene rings is 1. The number of hydrogen-bond donors (Lipinski definition) is 1. The first-order chi connectivity index (χ1) is 7.58. The fourth-order valence-electron chi connectivity index (χ4n) is 1.54. The summed E-state index contributed by atoms with van der Waals surface area (Å²) in [5, 5.41) is 9.23. The van der Waals surface area contributed by atoms with Gasteiger partial charge in [-0.05, 0) is 13.0 Å². The number of carboxylic acids is 1. The van der Waals surface area contributed by atoms with Gasteiger partial charge in [-0.25, -0.2) is 14.4 Å². The quantitative estimate of drug-likeness (QED) is 0.836. The lowest BCUT2D eigenvalue weighted by molar-refractivity contribution is -0.136. The van der Waals surface area contributed by atoms with Crippen molar-refractivity contribution in [2.45, 2.75) is 13.3 Å². The van der Waals surface area contributed by atoms with Crippen molar-refractivity contribution in [3.8, 4) is 0 Å². The predicted octanol–water partition coefficient (Wildman–Crippen LogP) is 1.70. The summed E-state index contributed by atoms with van der Waals surface area (Å²) < 4.78 is 13.4. The van der Waals surface area contributed by atoms with Crippen LogP contribution in [0.5, 0.6) is 0 Å². The Morgan fingerprint density at radius 1 is 1.44 bits per heavy atom. The molecule has 0 radical (unpaired) electrons. The zero-order chi connectivity index (χ0) is 11.7. The zero-order valence-corrected chi connectivity index (χ0v) is 8.57. The second kappa shape index (κ2) is 3.84. The van der Waals surface area contributed by atoms with E-state index in [0.29, 0.717) is 11.1 Å². The van der Waals surface area contributed by atoms with E-state index in [-0.39, 0.29) is 17.8 Å². The molecule has 0 saturated carbocycles. The highest BCUT2D eigenvalue weighted by atomic mass is 19.1. The summed E-state index contributed by atoms with van der Waals surface area (Å²) in [5.74, 6) is -1.37. The normalized spacial score (nSPS) is 10.6. The maximum atomic E-state index is 13.4. The van der Waals surface area contributed by atoms with Crippen molar-refractivity contribution in [1.29, 1.82) is 0 Å². The molecule has 0 aliphatic carbocycles. The number of aromatic nitrogens is 2. The van der Waals surface area contributed by atoms with Crippen LogP contribution in [-0.2, 0) is 11.2 Å². The standard InChI is InChI=1S/C11H9FN2O2/c1-6-7-3-2-4-8(12)11(7)14-9(13-6)5-10(15)16/h2-4H,5H2,1H3,(H,15,16). The number of carboxylic acid groups (broad SMARTS) is 1. The molecule has 1 aromatic heterocycles. The molecule has 0 saturated heterocycles. The minimum atomic E-state index is -1.03. The smallest absolute Gasteiger partial charge is 0.311 e. The fourth-order valence-corrected chi connectivity index (χ4v) is 1.54. The zero-order valence-electron chi connectivity index (χ0n) is 8.57. The molecule has 0 spiro atoms.